The Kier molecular flexibility index (Phi) is 2.97. The van der Waals surface area contributed by atoms with Gasteiger partial charge in [-0.15, -0.1) is 0 Å². The summed E-state index contributed by atoms with van der Waals surface area (Å²) in [5.41, 5.74) is 2.24. The van der Waals surface area contributed by atoms with Gasteiger partial charge in [0, 0.05) is 16.8 Å². The van der Waals surface area contributed by atoms with Crippen molar-refractivity contribution in [2.45, 2.75) is 30.5 Å². The first-order valence-electron chi connectivity index (χ1n) is 5.85. The molecule has 0 aliphatic heterocycles. The van der Waals surface area contributed by atoms with Gasteiger partial charge >= 0.3 is 0 Å². The Balaban J connectivity index is 1.89. The Labute approximate surface area is 108 Å². The molecule has 0 unspecified atom stereocenters. The maximum absolute atomic E-state index is 5.32. The molecule has 0 atom stereocenters. The summed E-state index contributed by atoms with van der Waals surface area (Å²) in [5, 5.41) is 4.90. The van der Waals surface area contributed by atoms with Crippen molar-refractivity contribution in [2.24, 2.45) is 0 Å². The van der Waals surface area contributed by atoms with E-state index >= 15 is 0 Å². The smallest absolute Gasteiger partial charge is 0.230 e. The highest BCUT2D eigenvalue weighted by molar-refractivity contribution is 9.08. The summed E-state index contributed by atoms with van der Waals surface area (Å²) in [4.78, 5) is 4.48. The fraction of sp³-hybridized carbons (Fsp3) is 0.385. The molecule has 1 aliphatic rings. The third-order valence-corrected chi connectivity index (χ3v) is 3.88. The summed E-state index contributed by atoms with van der Waals surface area (Å²) >= 11 is 3.45. The number of benzene rings is 1. The predicted molar refractivity (Wildman–Crippen MR) is 69.0 cm³/mol. The number of hydrogen-bond donors (Lipinski definition) is 0. The van der Waals surface area contributed by atoms with Gasteiger partial charge in [-0.25, -0.2) is 0 Å². The third kappa shape index (κ3) is 2.14. The van der Waals surface area contributed by atoms with Crippen LogP contribution in [0.1, 0.15) is 36.6 Å². The first-order valence-corrected chi connectivity index (χ1v) is 6.98. The Morgan fingerprint density at radius 2 is 2.24 bits per heavy atom. The van der Waals surface area contributed by atoms with Gasteiger partial charge in [0.25, 0.3) is 0 Å². The van der Waals surface area contributed by atoms with Crippen LogP contribution in [0.3, 0.4) is 0 Å². The molecule has 1 aliphatic carbocycles. The van der Waals surface area contributed by atoms with Gasteiger partial charge in [-0.1, -0.05) is 45.7 Å². The molecule has 1 heterocycles. The van der Waals surface area contributed by atoms with Gasteiger partial charge in [0.15, 0.2) is 0 Å². The molecule has 0 bridgehead atoms. The third-order valence-electron chi connectivity index (χ3n) is 3.24. The largest absolute Gasteiger partial charge is 0.339 e. The van der Waals surface area contributed by atoms with E-state index in [9.17, 15) is 0 Å². The SMILES string of the molecule is BrCc1cccc(-c2noc(C3CCC3)n2)c1. The van der Waals surface area contributed by atoms with Crippen LogP contribution < -0.4 is 0 Å². The van der Waals surface area contributed by atoms with Crippen molar-refractivity contribution in [2.75, 3.05) is 0 Å². The number of alkyl halides is 1. The fourth-order valence-electron chi connectivity index (χ4n) is 1.97. The Bertz CT molecular complexity index is 520. The van der Waals surface area contributed by atoms with E-state index in [2.05, 4.69) is 38.2 Å². The van der Waals surface area contributed by atoms with Crippen molar-refractivity contribution < 1.29 is 4.52 Å². The summed E-state index contributed by atoms with van der Waals surface area (Å²) in [7, 11) is 0. The van der Waals surface area contributed by atoms with Gasteiger partial charge in [-0.3, -0.25) is 0 Å². The summed E-state index contributed by atoms with van der Waals surface area (Å²) < 4.78 is 5.32. The zero-order valence-electron chi connectivity index (χ0n) is 9.40. The first kappa shape index (κ1) is 11.0. The highest BCUT2D eigenvalue weighted by Gasteiger charge is 2.25. The molecule has 1 saturated carbocycles. The van der Waals surface area contributed by atoms with E-state index in [1.165, 1.54) is 24.8 Å². The molecule has 0 N–H and O–H groups in total. The average molecular weight is 293 g/mol. The molecule has 17 heavy (non-hydrogen) atoms. The summed E-state index contributed by atoms with van der Waals surface area (Å²) in [6, 6.07) is 8.20. The topological polar surface area (TPSA) is 38.9 Å². The Hall–Kier alpha value is -1.16. The second-order valence-electron chi connectivity index (χ2n) is 4.42. The monoisotopic (exact) mass is 292 g/mol. The van der Waals surface area contributed by atoms with E-state index in [-0.39, 0.29) is 0 Å². The van der Waals surface area contributed by atoms with Gasteiger partial charge in [0.1, 0.15) is 0 Å². The molecule has 1 aromatic carbocycles. The van der Waals surface area contributed by atoms with Gasteiger partial charge in [0.05, 0.1) is 0 Å². The predicted octanol–water partition coefficient (Wildman–Crippen LogP) is 3.90. The zero-order valence-corrected chi connectivity index (χ0v) is 11.0. The molecule has 0 saturated heterocycles. The van der Waals surface area contributed by atoms with Gasteiger partial charge < -0.3 is 4.52 Å². The maximum Gasteiger partial charge on any atom is 0.230 e. The minimum atomic E-state index is 0.496. The second kappa shape index (κ2) is 4.61. The van der Waals surface area contributed by atoms with Crippen molar-refractivity contribution >= 4 is 15.9 Å². The van der Waals surface area contributed by atoms with Crippen LogP contribution in [-0.4, -0.2) is 10.1 Å². The van der Waals surface area contributed by atoms with Gasteiger partial charge in [0.2, 0.25) is 11.7 Å². The van der Waals surface area contributed by atoms with E-state index < -0.39 is 0 Å². The van der Waals surface area contributed by atoms with Crippen molar-refractivity contribution in [1.29, 1.82) is 0 Å². The lowest BCUT2D eigenvalue weighted by Gasteiger charge is -2.20. The standard InChI is InChI=1S/C13H13BrN2O/c14-8-9-3-1-6-11(7-9)12-15-13(17-16-12)10-4-2-5-10/h1,3,6-7,10H,2,4-5,8H2. The highest BCUT2D eigenvalue weighted by atomic mass is 79.9. The molecule has 1 fully saturated rings. The summed E-state index contributed by atoms with van der Waals surface area (Å²) in [5.74, 6) is 2.00. The summed E-state index contributed by atoms with van der Waals surface area (Å²) in [6.07, 6.45) is 3.65. The number of hydrogen-bond acceptors (Lipinski definition) is 3. The van der Waals surface area contributed by atoms with Crippen LogP contribution in [0.25, 0.3) is 11.4 Å². The van der Waals surface area contributed by atoms with Gasteiger partial charge in [-0.05, 0) is 24.5 Å². The van der Waals surface area contributed by atoms with Crippen molar-refractivity contribution in [3.63, 3.8) is 0 Å². The maximum atomic E-state index is 5.32. The Morgan fingerprint density at radius 3 is 2.94 bits per heavy atom. The fourth-order valence-corrected chi connectivity index (χ4v) is 2.32. The lowest BCUT2D eigenvalue weighted by atomic mass is 9.85. The molecule has 4 heteroatoms. The molecule has 0 spiro atoms. The second-order valence-corrected chi connectivity index (χ2v) is 4.98. The molecule has 0 radical (unpaired) electrons. The van der Waals surface area contributed by atoms with Crippen LogP contribution in [0.4, 0.5) is 0 Å². The van der Waals surface area contributed by atoms with E-state index in [1.807, 2.05) is 12.1 Å². The van der Waals surface area contributed by atoms with Crippen LogP contribution in [0.15, 0.2) is 28.8 Å². The van der Waals surface area contributed by atoms with E-state index in [0.717, 1.165) is 16.8 Å². The molecule has 1 aromatic heterocycles. The van der Waals surface area contributed by atoms with Crippen LogP contribution in [-0.2, 0) is 5.33 Å². The lowest BCUT2D eigenvalue weighted by Crippen LogP contribution is -2.08. The molecule has 0 amide bonds. The molecule has 3 rings (SSSR count). The molecule has 2 aromatic rings. The highest BCUT2D eigenvalue weighted by Crippen LogP contribution is 2.36. The summed E-state index contributed by atoms with van der Waals surface area (Å²) in [6.45, 7) is 0. The van der Waals surface area contributed by atoms with Crippen LogP contribution >= 0.6 is 15.9 Å². The minimum Gasteiger partial charge on any atom is -0.339 e. The Morgan fingerprint density at radius 1 is 1.35 bits per heavy atom. The van der Waals surface area contributed by atoms with Crippen molar-refractivity contribution in [3.05, 3.63) is 35.7 Å². The molecular weight excluding hydrogens is 280 g/mol. The molecule has 3 nitrogen and oxygen atoms in total. The number of nitrogens with zero attached hydrogens (tertiary/aromatic N) is 2. The number of aromatic nitrogens is 2. The van der Waals surface area contributed by atoms with Crippen LogP contribution in [0, 0.1) is 0 Å². The van der Waals surface area contributed by atoms with Crippen LogP contribution in [0.2, 0.25) is 0 Å². The van der Waals surface area contributed by atoms with E-state index in [1.54, 1.807) is 0 Å². The lowest BCUT2D eigenvalue weighted by molar-refractivity contribution is 0.292. The van der Waals surface area contributed by atoms with Crippen LogP contribution in [0.5, 0.6) is 0 Å². The average Bonchev–Trinajstić information content (AvgIpc) is 2.76. The number of halogens is 1. The van der Waals surface area contributed by atoms with Crippen molar-refractivity contribution in [1.82, 2.24) is 10.1 Å². The van der Waals surface area contributed by atoms with E-state index in [4.69, 9.17) is 4.52 Å². The normalized spacial score (nSPS) is 15.8. The first-order chi connectivity index (χ1) is 8.36. The molecule has 88 valence electrons. The van der Waals surface area contributed by atoms with Crippen molar-refractivity contribution in [3.8, 4) is 11.4 Å². The van der Waals surface area contributed by atoms with E-state index in [0.29, 0.717) is 11.7 Å². The quantitative estimate of drug-likeness (QED) is 0.806. The zero-order chi connectivity index (χ0) is 11.7. The molecular formula is C13H13BrN2O. The minimum absolute atomic E-state index is 0.496. The van der Waals surface area contributed by atoms with Gasteiger partial charge in [-0.2, -0.15) is 4.98 Å². The number of rotatable bonds is 3.